The number of nitrogens with one attached hydrogen (secondary N) is 2. The van der Waals surface area contributed by atoms with Gasteiger partial charge in [0.25, 0.3) is 5.91 Å². The smallest absolute Gasteiger partial charge is 0.254 e. The molecule has 2 rings (SSSR count). The third-order valence-corrected chi connectivity index (χ3v) is 3.62. The maximum atomic E-state index is 13.6. The zero-order valence-corrected chi connectivity index (χ0v) is 13.5. The quantitative estimate of drug-likeness (QED) is 0.788. The Labute approximate surface area is 139 Å². The highest BCUT2D eigenvalue weighted by atomic mass is 19.1. The second kappa shape index (κ2) is 7.23. The van der Waals surface area contributed by atoms with E-state index in [0.29, 0.717) is 5.56 Å². The van der Waals surface area contributed by atoms with Gasteiger partial charge in [-0.25, -0.2) is 4.39 Å². The van der Waals surface area contributed by atoms with E-state index in [2.05, 4.69) is 10.6 Å². The molecule has 0 aliphatic carbocycles. The largest absolute Gasteiger partial charge is 0.385 e. The van der Waals surface area contributed by atoms with E-state index in [9.17, 15) is 19.1 Å². The van der Waals surface area contributed by atoms with Crippen LogP contribution in [0.2, 0.25) is 0 Å². The lowest BCUT2D eigenvalue weighted by Gasteiger charge is -2.23. The van der Waals surface area contributed by atoms with Gasteiger partial charge >= 0.3 is 0 Å². The normalized spacial score (nSPS) is 13.0. The Morgan fingerprint density at radius 3 is 2.46 bits per heavy atom. The Kier molecular flexibility index (Phi) is 5.31. The van der Waals surface area contributed by atoms with Gasteiger partial charge in [0.15, 0.2) is 0 Å². The number of carbonyl (C=O) groups excluding carboxylic acids is 2. The monoisotopic (exact) mass is 330 g/mol. The van der Waals surface area contributed by atoms with Crippen LogP contribution in [0.15, 0.2) is 48.5 Å². The van der Waals surface area contributed by atoms with Crippen molar-refractivity contribution in [3.05, 3.63) is 65.5 Å². The molecule has 5 nitrogen and oxygen atoms in total. The van der Waals surface area contributed by atoms with E-state index in [1.165, 1.54) is 19.2 Å². The molecule has 0 saturated carbocycles. The molecule has 0 spiro atoms. The predicted octanol–water partition coefficient (Wildman–Crippen LogP) is 2.42. The van der Waals surface area contributed by atoms with Crippen LogP contribution < -0.4 is 10.6 Å². The van der Waals surface area contributed by atoms with E-state index in [1.54, 1.807) is 31.2 Å². The summed E-state index contributed by atoms with van der Waals surface area (Å²) in [5.74, 6) is -1.71. The van der Waals surface area contributed by atoms with Crippen molar-refractivity contribution in [2.75, 3.05) is 12.4 Å². The number of hydrogen-bond donors (Lipinski definition) is 3. The molecule has 1 atom stereocenters. The van der Waals surface area contributed by atoms with Crippen LogP contribution >= 0.6 is 0 Å². The maximum Gasteiger partial charge on any atom is 0.254 e. The number of benzene rings is 2. The molecule has 0 heterocycles. The first-order valence-electron chi connectivity index (χ1n) is 7.43. The molecule has 2 aromatic carbocycles. The first-order chi connectivity index (χ1) is 11.3. The standard InChI is InChI=1S/C18H19FN2O3/c1-18(24,12-6-4-3-5-7-12)11-16(22)21-13-8-9-15(19)14(10-13)17(23)20-2/h3-10,24H,11H2,1-2H3,(H,20,23)(H,21,22). The summed E-state index contributed by atoms with van der Waals surface area (Å²) in [6.45, 7) is 1.54. The first-order valence-corrected chi connectivity index (χ1v) is 7.43. The number of carbonyl (C=O) groups is 2. The topological polar surface area (TPSA) is 78.4 Å². The Bertz CT molecular complexity index is 745. The third kappa shape index (κ3) is 4.17. The number of halogens is 1. The molecule has 0 aliphatic rings. The van der Waals surface area contributed by atoms with Crippen LogP contribution in [0.4, 0.5) is 10.1 Å². The zero-order valence-electron chi connectivity index (χ0n) is 13.5. The van der Waals surface area contributed by atoms with Crippen molar-refractivity contribution >= 4 is 17.5 Å². The summed E-state index contributed by atoms with van der Waals surface area (Å²) in [6.07, 6.45) is -0.177. The molecule has 3 N–H and O–H groups in total. The molecule has 0 fully saturated rings. The van der Waals surface area contributed by atoms with Crippen molar-refractivity contribution in [2.24, 2.45) is 0 Å². The summed E-state index contributed by atoms with van der Waals surface area (Å²) >= 11 is 0. The minimum atomic E-state index is -1.34. The minimum absolute atomic E-state index is 0.162. The molecule has 126 valence electrons. The van der Waals surface area contributed by atoms with Gasteiger partial charge in [0.2, 0.25) is 5.91 Å². The van der Waals surface area contributed by atoms with Gasteiger partial charge in [-0.2, -0.15) is 0 Å². The van der Waals surface area contributed by atoms with Crippen LogP contribution in [0, 0.1) is 5.82 Å². The fourth-order valence-electron chi connectivity index (χ4n) is 2.33. The van der Waals surface area contributed by atoms with Gasteiger partial charge < -0.3 is 15.7 Å². The van der Waals surface area contributed by atoms with Gasteiger partial charge in [-0.3, -0.25) is 9.59 Å². The average molecular weight is 330 g/mol. The summed E-state index contributed by atoms with van der Waals surface area (Å²) in [7, 11) is 1.39. The maximum absolute atomic E-state index is 13.6. The molecular formula is C18H19FN2O3. The van der Waals surface area contributed by atoms with E-state index < -0.39 is 23.2 Å². The Morgan fingerprint density at radius 1 is 1.17 bits per heavy atom. The average Bonchev–Trinajstić information content (AvgIpc) is 2.56. The van der Waals surface area contributed by atoms with Crippen LogP contribution in [0.3, 0.4) is 0 Å². The van der Waals surface area contributed by atoms with Gasteiger partial charge in [0, 0.05) is 12.7 Å². The molecule has 0 bridgehead atoms. The lowest BCUT2D eigenvalue weighted by atomic mass is 9.92. The van der Waals surface area contributed by atoms with Gasteiger partial charge in [-0.15, -0.1) is 0 Å². The molecule has 0 aliphatic heterocycles. The fourth-order valence-corrected chi connectivity index (χ4v) is 2.33. The van der Waals surface area contributed by atoms with E-state index in [0.717, 1.165) is 6.07 Å². The Balaban J connectivity index is 2.11. The van der Waals surface area contributed by atoms with Crippen molar-refractivity contribution in [1.82, 2.24) is 5.32 Å². The fraction of sp³-hybridized carbons (Fsp3) is 0.222. The van der Waals surface area contributed by atoms with E-state index in [1.807, 2.05) is 6.07 Å². The van der Waals surface area contributed by atoms with E-state index in [-0.39, 0.29) is 17.7 Å². The van der Waals surface area contributed by atoms with Crippen LogP contribution in [-0.2, 0) is 10.4 Å². The lowest BCUT2D eigenvalue weighted by Crippen LogP contribution is -2.28. The van der Waals surface area contributed by atoms with Crippen LogP contribution in [-0.4, -0.2) is 24.0 Å². The number of aliphatic hydroxyl groups is 1. The zero-order chi connectivity index (χ0) is 17.7. The molecular weight excluding hydrogens is 311 g/mol. The molecule has 6 heteroatoms. The van der Waals surface area contributed by atoms with Crippen LogP contribution in [0.25, 0.3) is 0 Å². The highest BCUT2D eigenvalue weighted by Crippen LogP contribution is 2.25. The second-order valence-electron chi connectivity index (χ2n) is 5.64. The van der Waals surface area contributed by atoms with Gasteiger partial charge in [0.1, 0.15) is 5.82 Å². The lowest BCUT2D eigenvalue weighted by molar-refractivity contribution is -0.120. The molecule has 2 amide bonds. The molecule has 1 unspecified atom stereocenters. The number of hydrogen-bond acceptors (Lipinski definition) is 3. The molecule has 0 radical (unpaired) electrons. The number of anilines is 1. The molecule has 24 heavy (non-hydrogen) atoms. The van der Waals surface area contributed by atoms with Crippen LogP contribution in [0.5, 0.6) is 0 Å². The highest BCUT2D eigenvalue weighted by Gasteiger charge is 2.26. The summed E-state index contributed by atoms with van der Waals surface area (Å²) in [6, 6.07) is 12.5. The summed E-state index contributed by atoms with van der Waals surface area (Å²) in [4.78, 5) is 23.8. The molecule has 2 aromatic rings. The van der Waals surface area contributed by atoms with Crippen molar-refractivity contribution in [3.8, 4) is 0 Å². The first kappa shape index (κ1) is 17.6. The van der Waals surface area contributed by atoms with E-state index >= 15 is 0 Å². The van der Waals surface area contributed by atoms with Crippen molar-refractivity contribution in [3.63, 3.8) is 0 Å². The number of rotatable bonds is 5. The Hall–Kier alpha value is -2.73. The number of amides is 2. The molecule has 0 saturated heterocycles. The van der Waals surface area contributed by atoms with Crippen LogP contribution in [0.1, 0.15) is 29.3 Å². The second-order valence-corrected chi connectivity index (χ2v) is 5.64. The predicted molar refractivity (Wildman–Crippen MR) is 89.0 cm³/mol. The van der Waals surface area contributed by atoms with Gasteiger partial charge in [0.05, 0.1) is 17.6 Å². The van der Waals surface area contributed by atoms with Crippen molar-refractivity contribution in [2.45, 2.75) is 18.9 Å². The Morgan fingerprint density at radius 2 is 1.83 bits per heavy atom. The van der Waals surface area contributed by atoms with E-state index in [4.69, 9.17) is 0 Å². The van der Waals surface area contributed by atoms with Crippen molar-refractivity contribution < 1.29 is 19.1 Å². The van der Waals surface area contributed by atoms with Gasteiger partial charge in [-0.05, 0) is 30.7 Å². The van der Waals surface area contributed by atoms with Gasteiger partial charge in [-0.1, -0.05) is 30.3 Å². The SMILES string of the molecule is CNC(=O)c1cc(NC(=O)CC(C)(O)c2ccccc2)ccc1F. The third-order valence-electron chi connectivity index (χ3n) is 3.62. The highest BCUT2D eigenvalue weighted by molar-refractivity contribution is 5.97. The molecule has 0 aromatic heterocycles. The minimum Gasteiger partial charge on any atom is -0.385 e. The summed E-state index contributed by atoms with van der Waals surface area (Å²) < 4.78 is 13.6. The van der Waals surface area contributed by atoms with Crippen molar-refractivity contribution in [1.29, 1.82) is 0 Å². The summed E-state index contributed by atoms with van der Waals surface area (Å²) in [5, 5.41) is 15.4. The summed E-state index contributed by atoms with van der Waals surface area (Å²) in [5.41, 5.74) is -0.603.